The normalized spacial score (nSPS) is 10.8. The molecule has 1 aromatic rings. The van der Waals surface area contributed by atoms with E-state index in [-0.39, 0.29) is 0 Å². The summed E-state index contributed by atoms with van der Waals surface area (Å²) in [6.07, 6.45) is 3.38. The van der Waals surface area contributed by atoms with E-state index < -0.39 is 0 Å². The van der Waals surface area contributed by atoms with Crippen LogP contribution in [0.5, 0.6) is 0 Å². The second-order valence-corrected chi connectivity index (χ2v) is 3.96. The minimum atomic E-state index is 0.693. The summed E-state index contributed by atoms with van der Waals surface area (Å²) >= 11 is 1.73. The van der Waals surface area contributed by atoms with Gasteiger partial charge >= 0.3 is 0 Å². The zero-order chi connectivity index (χ0) is 10.9. The van der Waals surface area contributed by atoms with Crippen molar-refractivity contribution in [3.05, 3.63) is 24.5 Å². The average molecular weight is 225 g/mol. The third-order valence-corrected chi connectivity index (χ3v) is 2.58. The molecule has 0 aromatic carbocycles. The molecule has 1 heterocycles. The first kappa shape index (κ1) is 11.9. The average Bonchev–Trinajstić information content (AvgIpc) is 2.28. The third kappa shape index (κ3) is 5.34. The predicted molar refractivity (Wildman–Crippen MR) is 62.9 cm³/mol. The Morgan fingerprint density at radius 1 is 1.60 bits per heavy atom. The molecule has 1 rings (SSSR count). The summed E-state index contributed by atoms with van der Waals surface area (Å²) in [4.78, 5) is 3.94. The smallest absolute Gasteiger partial charge is 0.106 e. The van der Waals surface area contributed by atoms with E-state index in [0.29, 0.717) is 6.54 Å². The van der Waals surface area contributed by atoms with Gasteiger partial charge in [0.15, 0.2) is 0 Å². The molecule has 0 saturated heterocycles. The molecule has 82 valence electrons. The molecule has 0 radical (unpaired) electrons. The van der Waals surface area contributed by atoms with Crippen molar-refractivity contribution in [2.24, 2.45) is 16.1 Å². The lowest BCUT2D eigenvalue weighted by Gasteiger charge is -2.09. The summed E-state index contributed by atoms with van der Waals surface area (Å²) in [7, 11) is 1.88. The number of nitrogens with two attached hydrogens (primary N) is 1. The highest BCUT2D eigenvalue weighted by atomic mass is 32.2. The fourth-order valence-corrected chi connectivity index (χ4v) is 1.46. The van der Waals surface area contributed by atoms with E-state index in [0.717, 1.165) is 17.3 Å². The van der Waals surface area contributed by atoms with Crippen LogP contribution >= 0.6 is 11.8 Å². The SMILES string of the molecule is CN(CSCCN)N=Nc1cccnc1. The second kappa shape index (κ2) is 7.19. The van der Waals surface area contributed by atoms with Crippen LogP contribution in [-0.4, -0.2) is 35.2 Å². The summed E-state index contributed by atoms with van der Waals surface area (Å²) in [5.74, 6) is 1.73. The fraction of sp³-hybridized carbons (Fsp3) is 0.444. The molecule has 0 atom stereocenters. The first-order valence-electron chi connectivity index (χ1n) is 4.63. The molecule has 0 amide bonds. The van der Waals surface area contributed by atoms with Crippen molar-refractivity contribution in [3.8, 4) is 0 Å². The number of nitrogens with zero attached hydrogens (tertiary/aromatic N) is 4. The molecule has 6 heteroatoms. The van der Waals surface area contributed by atoms with Gasteiger partial charge in [-0.2, -0.15) is 0 Å². The molecular formula is C9H15N5S. The molecule has 1 aromatic heterocycles. The first-order valence-corrected chi connectivity index (χ1v) is 5.79. The maximum atomic E-state index is 5.38. The van der Waals surface area contributed by atoms with Crippen LogP contribution in [0.3, 0.4) is 0 Å². The van der Waals surface area contributed by atoms with Gasteiger partial charge in [0.1, 0.15) is 5.69 Å². The molecule has 0 fully saturated rings. The van der Waals surface area contributed by atoms with E-state index in [1.54, 1.807) is 29.2 Å². The summed E-state index contributed by atoms with van der Waals surface area (Å²) in [5, 5.41) is 9.82. The Bertz CT molecular complexity index is 290. The Morgan fingerprint density at radius 3 is 3.13 bits per heavy atom. The minimum absolute atomic E-state index is 0.693. The monoisotopic (exact) mass is 225 g/mol. The van der Waals surface area contributed by atoms with Gasteiger partial charge in [-0.05, 0) is 12.1 Å². The van der Waals surface area contributed by atoms with Crippen LogP contribution in [0.4, 0.5) is 5.69 Å². The Kier molecular flexibility index (Phi) is 5.72. The van der Waals surface area contributed by atoms with Gasteiger partial charge in [0, 0.05) is 25.5 Å². The Balaban J connectivity index is 2.31. The summed E-state index contributed by atoms with van der Waals surface area (Å²) in [5.41, 5.74) is 6.14. The lowest BCUT2D eigenvalue weighted by atomic mass is 10.4. The largest absolute Gasteiger partial charge is 0.330 e. The van der Waals surface area contributed by atoms with Gasteiger partial charge in [0.25, 0.3) is 0 Å². The van der Waals surface area contributed by atoms with Gasteiger partial charge in [-0.15, -0.1) is 16.9 Å². The van der Waals surface area contributed by atoms with Gasteiger partial charge < -0.3 is 5.73 Å². The fourth-order valence-electron chi connectivity index (χ4n) is 0.847. The first-order chi connectivity index (χ1) is 7.33. The van der Waals surface area contributed by atoms with Crippen LogP contribution in [0.2, 0.25) is 0 Å². The van der Waals surface area contributed by atoms with Crippen molar-refractivity contribution in [3.63, 3.8) is 0 Å². The lowest BCUT2D eigenvalue weighted by Crippen LogP contribution is -2.11. The van der Waals surface area contributed by atoms with Gasteiger partial charge in [-0.3, -0.25) is 9.99 Å². The highest BCUT2D eigenvalue weighted by Crippen LogP contribution is 2.09. The predicted octanol–water partition coefficient (Wildman–Crippen LogP) is 1.66. The second-order valence-electron chi connectivity index (χ2n) is 2.88. The molecule has 0 bridgehead atoms. The number of aromatic nitrogens is 1. The van der Waals surface area contributed by atoms with E-state index in [1.165, 1.54) is 0 Å². The zero-order valence-corrected chi connectivity index (χ0v) is 9.52. The molecular weight excluding hydrogens is 210 g/mol. The van der Waals surface area contributed by atoms with Crippen LogP contribution in [0.15, 0.2) is 34.9 Å². The van der Waals surface area contributed by atoms with Gasteiger partial charge in [-0.1, -0.05) is 5.22 Å². The summed E-state index contributed by atoms with van der Waals surface area (Å²) in [6, 6.07) is 3.69. The van der Waals surface area contributed by atoms with E-state index in [4.69, 9.17) is 5.73 Å². The Hall–Kier alpha value is -1.14. The number of thioether (sulfide) groups is 1. The standard InChI is InChI=1S/C9H15N5S/c1-14(8-15-6-4-10)13-12-9-3-2-5-11-7-9/h2-3,5,7H,4,6,8,10H2,1H3. The van der Waals surface area contributed by atoms with E-state index in [9.17, 15) is 0 Å². The van der Waals surface area contributed by atoms with Crippen LogP contribution in [0.25, 0.3) is 0 Å². The molecule has 5 nitrogen and oxygen atoms in total. The van der Waals surface area contributed by atoms with Crippen molar-refractivity contribution in [2.45, 2.75) is 0 Å². The van der Waals surface area contributed by atoms with Crippen LogP contribution < -0.4 is 5.73 Å². The van der Waals surface area contributed by atoms with Crippen LogP contribution in [0, 0.1) is 0 Å². The molecule has 0 spiro atoms. The maximum Gasteiger partial charge on any atom is 0.106 e. The zero-order valence-electron chi connectivity index (χ0n) is 8.71. The summed E-state index contributed by atoms with van der Waals surface area (Å²) in [6.45, 7) is 0.693. The number of hydrogen-bond donors (Lipinski definition) is 1. The highest BCUT2D eigenvalue weighted by molar-refractivity contribution is 7.99. The van der Waals surface area contributed by atoms with Gasteiger partial charge in [0.05, 0.1) is 12.1 Å². The van der Waals surface area contributed by atoms with Gasteiger partial charge in [-0.25, -0.2) is 0 Å². The number of rotatable bonds is 6. The third-order valence-electron chi connectivity index (χ3n) is 1.50. The Morgan fingerprint density at radius 2 is 2.47 bits per heavy atom. The van der Waals surface area contributed by atoms with E-state index >= 15 is 0 Å². The molecule has 0 aliphatic heterocycles. The highest BCUT2D eigenvalue weighted by Gasteiger charge is 1.93. The summed E-state index contributed by atoms with van der Waals surface area (Å²) < 4.78 is 0. The van der Waals surface area contributed by atoms with E-state index in [1.807, 2.05) is 19.2 Å². The quantitative estimate of drug-likeness (QED) is 0.346. The molecule has 0 saturated carbocycles. The van der Waals surface area contributed by atoms with Crippen molar-refractivity contribution >= 4 is 17.4 Å². The molecule has 2 N–H and O–H groups in total. The van der Waals surface area contributed by atoms with Crippen LogP contribution in [-0.2, 0) is 0 Å². The van der Waals surface area contributed by atoms with Crippen molar-refractivity contribution < 1.29 is 0 Å². The molecule has 0 unspecified atom stereocenters. The molecule has 15 heavy (non-hydrogen) atoms. The van der Waals surface area contributed by atoms with Gasteiger partial charge in [0.2, 0.25) is 0 Å². The van der Waals surface area contributed by atoms with Crippen molar-refractivity contribution in [1.82, 2.24) is 9.99 Å². The number of pyridine rings is 1. The molecule has 0 aliphatic rings. The van der Waals surface area contributed by atoms with E-state index in [2.05, 4.69) is 15.3 Å². The molecule has 0 aliphatic carbocycles. The van der Waals surface area contributed by atoms with Crippen LogP contribution in [0.1, 0.15) is 0 Å². The topological polar surface area (TPSA) is 66.9 Å². The minimum Gasteiger partial charge on any atom is -0.330 e. The van der Waals surface area contributed by atoms with Crippen molar-refractivity contribution in [2.75, 3.05) is 25.2 Å². The maximum absolute atomic E-state index is 5.38. The lowest BCUT2D eigenvalue weighted by molar-refractivity contribution is 0.392. The van der Waals surface area contributed by atoms with Crippen molar-refractivity contribution in [1.29, 1.82) is 0 Å². The Labute approximate surface area is 93.8 Å². The number of hydrogen-bond acceptors (Lipinski definition) is 5.